The molecule has 7 nitrogen and oxygen atoms in total. The summed E-state index contributed by atoms with van der Waals surface area (Å²) < 4.78 is 5.13. The van der Waals surface area contributed by atoms with E-state index in [4.69, 9.17) is 16.0 Å². The maximum Gasteiger partial charge on any atom is 0.260 e. The highest BCUT2D eigenvalue weighted by molar-refractivity contribution is 7.14. The topological polar surface area (TPSA) is 87.5 Å². The highest BCUT2D eigenvalue weighted by Gasteiger charge is 2.15. The van der Waals surface area contributed by atoms with Gasteiger partial charge in [-0.05, 0) is 31.2 Å². The maximum absolute atomic E-state index is 12.4. The van der Waals surface area contributed by atoms with Gasteiger partial charge in [-0.15, -0.1) is 11.3 Å². The molecule has 2 amide bonds. The molecule has 0 aliphatic rings. The summed E-state index contributed by atoms with van der Waals surface area (Å²) in [5.74, 6) is 0.0113. The van der Waals surface area contributed by atoms with Gasteiger partial charge in [0.15, 0.2) is 5.13 Å². The molecule has 2 heterocycles. The molecule has 2 aromatic heterocycles. The fourth-order valence-electron chi connectivity index (χ4n) is 2.59. The summed E-state index contributed by atoms with van der Waals surface area (Å²) in [6.07, 6.45) is 1.54. The van der Waals surface area contributed by atoms with Crippen molar-refractivity contribution in [3.05, 3.63) is 57.9 Å². The van der Waals surface area contributed by atoms with Crippen LogP contribution in [0, 0.1) is 6.92 Å². The van der Waals surface area contributed by atoms with Crippen LogP contribution in [0.3, 0.4) is 0 Å². The van der Waals surface area contributed by atoms with Crippen LogP contribution in [-0.4, -0.2) is 30.9 Å². The second-order valence-electron chi connectivity index (χ2n) is 6.27. The molecule has 0 saturated heterocycles. The predicted octanol–water partition coefficient (Wildman–Crippen LogP) is 4.20. The average molecular weight is 419 g/mol. The van der Waals surface area contributed by atoms with Crippen LogP contribution in [0.5, 0.6) is 0 Å². The van der Waals surface area contributed by atoms with Crippen LogP contribution in [-0.2, 0) is 11.2 Å². The molecule has 0 fully saturated rings. The maximum atomic E-state index is 12.4. The van der Waals surface area contributed by atoms with Gasteiger partial charge in [-0.1, -0.05) is 11.6 Å². The lowest BCUT2D eigenvalue weighted by Gasteiger charge is -2.18. The van der Waals surface area contributed by atoms with E-state index in [1.165, 1.54) is 17.6 Å². The van der Waals surface area contributed by atoms with Gasteiger partial charge in [0, 0.05) is 24.5 Å². The third-order valence-electron chi connectivity index (χ3n) is 3.93. The number of carbonyl (C=O) groups excluding carboxylic acids is 2. The summed E-state index contributed by atoms with van der Waals surface area (Å²) >= 11 is 7.30. The lowest BCUT2D eigenvalue weighted by molar-refractivity contribution is -0.115. The molecule has 3 rings (SSSR count). The number of nitrogens with one attached hydrogen (secondary N) is 2. The molecule has 0 aliphatic heterocycles. The number of hydrogen-bond donors (Lipinski definition) is 2. The molecule has 0 radical (unpaired) electrons. The Balaban J connectivity index is 1.64. The second kappa shape index (κ2) is 8.45. The van der Waals surface area contributed by atoms with Gasteiger partial charge in [-0.2, -0.15) is 0 Å². The summed E-state index contributed by atoms with van der Waals surface area (Å²) in [6, 6.07) is 6.91. The van der Waals surface area contributed by atoms with Crippen LogP contribution < -0.4 is 15.5 Å². The van der Waals surface area contributed by atoms with Crippen molar-refractivity contribution in [2.45, 2.75) is 13.3 Å². The van der Waals surface area contributed by atoms with E-state index in [1.54, 1.807) is 30.5 Å². The highest BCUT2D eigenvalue weighted by atomic mass is 35.5. The number of aryl methyl sites for hydroxylation is 1. The Morgan fingerprint density at radius 3 is 2.71 bits per heavy atom. The van der Waals surface area contributed by atoms with E-state index in [1.807, 2.05) is 25.1 Å². The van der Waals surface area contributed by atoms with E-state index in [0.29, 0.717) is 32.9 Å². The Hall–Kier alpha value is -2.84. The van der Waals surface area contributed by atoms with E-state index in [0.717, 1.165) is 5.69 Å². The third-order valence-corrected chi connectivity index (χ3v) is 4.97. The van der Waals surface area contributed by atoms with Crippen LogP contribution in [0.4, 0.5) is 16.5 Å². The molecule has 0 unspecified atom stereocenters. The first kappa shape index (κ1) is 19.9. The van der Waals surface area contributed by atoms with Gasteiger partial charge in [0.1, 0.15) is 5.76 Å². The first-order chi connectivity index (χ1) is 13.3. The first-order valence-electron chi connectivity index (χ1n) is 8.40. The number of halogens is 1. The van der Waals surface area contributed by atoms with Crippen LogP contribution in [0.1, 0.15) is 21.8 Å². The number of furan rings is 1. The standard InChI is InChI=1S/C19H19ClN4O3S/c1-11-14(6-7-27-11)18(26)23-19-21-13(10-28-19)9-17(25)22-15-8-12(20)4-5-16(15)24(2)3/h4-8,10H,9H2,1-3H3,(H,22,25)(H,21,23,26). The molecular formula is C19H19ClN4O3S. The molecular weight excluding hydrogens is 400 g/mol. The van der Waals surface area contributed by atoms with Gasteiger partial charge in [0.05, 0.1) is 35.3 Å². The lowest BCUT2D eigenvalue weighted by atomic mass is 10.2. The largest absolute Gasteiger partial charge is 0.469 e. The Bertz CT molecular complexity index is 1010. The number of carbonyl (C=O) groups is 2. The van der Waals surface area contributed by atoms with Gasteiger partial charge >= 0.3 is 0 Å². The SMILES string of the molecule is Cc1occc1C(=O)Nc1nc(CC(=O)Nc2cc(Cl)ccc2N(C)C)cs1. The lowest BCUT2D eigenvalue weighted by Crippen LogP contribution is -2.18. The fourth-order valence-corrected chi connectivity index (χ4v) is 3.47. The third kappa shape index (κ3) is 4.71. The molecule has 0 bridgehead atoms. The van der Waals surface area contributed by atoms with E-state index < -0.39 is 0 Å². The normalized spacial score (nSPS) is 10.6. The Labute approximate surface area is 171 Å². The number of anilines is 3. The van der Waals surface area contributed by atoms with Crippen molar-refractivity contribution < 1.29 is 14.0 Å². The first-order valence-corrected chi connectivity index (χ1v) is 9.66. The molecule has 1 aromatic carbocycles. The molecule has 28 heavy (non-hydrogen) atoms. The van der Waals surface area contributed by atoms with Gasteiger partial charge in [0.25, 0.3) is 5.91 Å². The predicted molar refractivity (Wildman–Crippen MR) is 112 cm³/mol. The monoisotopic (exact) mass is 418 g/mol. The summed E-state index contributed by atoms with van der Waals surface area (Å²) in [5.41, 5.74) is 2.49. The Kier molecular flexibility index (Phi) is 6.01. The Morgan fingerprint density at radius 2 is 2.04 bits per heavy atom. The van der Waals surface area contributed by atoms with Gasteiger partial charge in [0.2, 0.25) is 5.91 Å². The number of rotatable bonds is 6. The number of thiazole rings is 1. The Morgan fingerprint density at radius 1 is 1.25 bits per heavy atom. The number of nitrogens with zero attached hydrogens (tertiary/aromatic N) is 2. The van der Waals surface area contributed by atoms with E-state index in [-0.39, 0.29) is 18.2 Å². The van der Waals surface area contributed by atoms with Crippen molar-refractivity contribution in [2.24, 2.45) is 0 Å². The smallest absolute Gasteiger partial charge is 0.260 e. The average Bonchev–Trinajstić information content (AvgIpc) is 3.23. The van der Waals surface area contributed by atoms with Crippen LogP contribution in [0.2, 0.25) is 5.02 Å². The summed E-state index contributed by atoms with van der Waals surface area (Å²) in [7, 11) is 3.77. The van der Waals surface area contributed by atoms with Crippen LogP contribution in [0.15, 0.2) is 40.3 Å². The number of benzene rings is 1. The fraction of sp³-hybridized carbons (Fsp3) is 0.211. The zero-order valence-corrected chi connectivity index (χ0v) is 17.1. The van der Waals surface area contributed by atoms with Gasteiger partial charge in [-0.3, -0.25) is 14.9 Å². The summed E-state index contributed by atoms with van der Waals surface area (Å²) in [5, 5.41) is 8.27. The zero-order chi connectivity index (χ0) is 20.3. The van der Waals surface area contributed by atoms with Crippen molar-refractivity contribution in [3.8, 4) is 0 Å². The van der Waals surface area contributed by atoms with Crippen LogP contribution in [0.25, 0.3) is 0 Å². The van der Waals surface area contributed by atoms with Gasteiger partial charge < -0.3 is 14.6 Å². The zero-order valence-electron chi connectivity index (χ0n) is 15.6. The molecule has 0 aliphatic carbocycles. The number of hydrogen-bond acceptors (Lipinski definition) is 6. The second-order valence-corrected chi connectivity index (χ2v) is 7.56. The van der Waals surface area contributed by atoms with E-state index in [9.17, 15) is 9.59 Å². The quantitative estimate of drug-likeness (QED) is 0.626. The minimum atomic E-state index is -0.300. The van der Waals surface area contributed by atoms with E-state index >= 15 is 0 Å². The summed E-state index contributed by atoms with van der Waals surface area (Å²) in [6.45, 7) is 1.71. The van der Waals surface area contributed by atoms with Crippen molar-refractivity contribution in [2.75, 3.05) is 29.6 Å². The van der Waals surface area contributed by atoms with Crippen molar-refractivity contribution in [3.63, 3.8) is 0 Å². The molecule has 9 heteroatoms. The molecule has 146 valence electrons. The number of amides is 2. The molecule has 2 N–H and O–H groups in total. The summed E-state index contributed by atoms with van der Waals surface area (Å²) in [4.78, 5) is 30.8. The van der Waals surface area contributed by atoms with Crippen LogP contribution >= 0.6 is 22.9 Å². The minimum Gasteiger partial charge on any atom is -0.469 e. The van der Waals surface area contributed by atoms with Gasteiger partial charge in [-0.25, -0.2) is 4.98 Å². The van der Waals surface area contributed by atoms with Crippen molar-refractivity contribution in [1.29, 1.82) is 0 Å². The molecule has 0 atom stereocenters. The molecule has 0 spiro atoms. The molecule has 0 saturated carbocycles. The number of aromatic nitrogens is 1. The van der Waals surface area contributed by atoms with Crippen molar-refractivity contribution >= 4 is 51.3 Å². The minimum absolute atomic E-state index is 0.0799. The van der Waals surface area contributed by atoms with Crippen molar-refractivity contribution in [1.82, 2.24) is 4.98 Å². The molecule has 3 aromatic rings. The van der Waals surface area contributed by atoms with E-state index in [2.05, 4.69) is 15.6 Å². The highest BCUT2D eigenvalue weighted by Crippen LogP contribution is 2.28.